The van der Waals surface area contributed by atoms with Crippen molar-refractivity contribution in [1.82, 2.24) is 4.31 Å². The summed E-state index contributed by atoms with van der Waals surface area (Å²) in [7, 11) is -4.95. The van der Waals surface area contributed by atoms with Crippen molar-refractivity contribution in [3.05, 3.63) is 0 Å². The van der Waals surface area contributed by atoms with E-state index >= 15 is 0 Å². The zero-order valence-corrected chi connectivity index (χ0v) is 14.4. The summed E-state index contributed by atoms with van der Waals surface area (Å²) in [6, 6.07) is -0.812. The van der Waals surface area contributed by atoms with E-state index in [9.17, 15) is 22.5 Å². The number of sulfonamides is 1. The summed E-state index contributed by atoms with van der Waals surface area (Å²) >= 11 is -0.756. The van der Waals surface area contributed by atoms with Crippen LogP contribution in [0.15, 0.2) is 0 Å². The van der Waals surface area contributed by atoms with Crippen molar-refractivity contribution in [3.8, 4) is 0 Å². The van der Waals surface area contributed by atoms with Gasteiger partial charge in [0, 0.05) is 12.1 Å². The van der Waals surface area contributed by atoms with Gasteiger partial charge in [0.15, 0.2) is 0 Å². The first-order chi connectivity index (χ1) is 10.9. The molecule has 0 amide bonds. The summed E-state index contributed by atoms with van der Waals surface area (Å²) in [5, 5.41) is 12.7. The van der Waals surface area contributed by atoms with E-state index in [1.165, 1.54) is 0 Å². The summed E-state index contributed by atoms with van der Waals surface area (Å²) in [5.41, 5.74) is 0. The quantitative estimate of drug-likeness (QED) is 0.387. The first kappa shape index (κ1) is 19.3. The van der Waals surface area contributed by atoms with Crippen LogP contribution in [0, 0.1) is 0 Å². The van der Waals surface area contributed by atoms with Crippen LogP contribution < -0.4 is 5.26 Å². The molecule has 136 valence electrons. The molecule has 0 aromatic carbocycles. The highest BCUT2D eigenvalue weighted by Crippen LogP contribution is 2.42. The van der Waals surface area contributed by atoms with Gasteiger partial charge >= 0.3 is 4.59 Å². The number of alkyl halides is 2. The fourth-order valence-corrected chi connectivity index (χ4v) is 5.83. The Kier molecular flexibility index (Phi) is 7.05. The van der Waals surface area contributed by atoms with Crippen molar-refractivity contribution in [2.24, 2.45) is 0 Å². The van der Waals surface area contributed by atoms with Crippen LogP contribution in [0.5, 0.6) is 0 Å². The van der Waals surface area contributed by atoms with Crippen LogP contribution in [0.2, 0.25) is 0 Å². The maximum absolute atomic E-state index is 14.1. The van der Waals surface area contributed by atoms with E-state index in [0.717, 1.165) is 42.8 Å². The third kappa shape index (κ3) is 4.55. The first-order valence-electron chi connectivity index (χ1n) is 7.95. The van der Waals surface area contributed by atoms with Crippen LogP contribution in [0.3, 0.4) is 0 Å². The standard InChI is InChI=1S/C13H23F2NO5S2/c14-13(15,22-21-20-17)23(18,19)16(11-7-3-1-4-8-11)12-9-5-2-6-10-12/h11-12,17H,1-10H2/p-1. The van der Waals surface area contributed by atoms with Gasteiger partial charge < -0.3 is 5.26 Å². The van der Waals surface area contributed by atoms with Crippen molar-refractivity contribution in [2.75, 3.05) is 0 Å². The lowest BCUT2D eigenvalue weighted by atomic mass is 9.91. The Hall–Kier alpha value is -0.0000000000000000971. The summed E-state index contributed by atoms with van der Waals surface area (Å²) < 4.78 is 53.8. The first-order valence-corrected chi connectivity index (χ1v) is 10.1. The lowest BCUT2D eigenvalue weighted by molar-refractivity contribution is -0.777. The molecule has 0 unspecified atom stereocenters. The molecule has 2 saturated carbocycles. The number of hydrogen-bond acceptors (Lipinski definition) is 6. The van der Waals surface area contributed by atoms with E-state index in [4.69, 9.17) is 0 Å². The molecular weight excluding hydrogens is 352 g/mol. The molecule has 10 heteroatoms. The van der Waals surface area contributed by atoms with Gasteiger partial charge in [-0.15, -0.1) is 0 Å². The van der Waals surface area contributed by atoms with Crippen LogP contribution in [0.1, 0.15) is 64.2 Å². The van der Waals surface area contributed by atoms with Crippen molar-refractivity contribution in [1.29, 1.82) is 0 Å². The van der Waals surface area contributed by atoms with Crippen molar-refractivity contribution >= 4 is 22.1 Å². The van der Waals surface area contributed by atoms with Gasteiger partial charge in [0.2, 0.25) is 0 Å². The highest BCUT2D eigenvalue weighted by molar-refractivity contribution is 8.10. The Morgan fingerprint density at radius 3 is 1.78 bits per heavy atom. The minimum atomic E-state index is -4.95. The molecule has 0 spiro atoms. The molecule has 23 heavy (non-hydrogen) atoms. The van der Waals surface area contributed by atoms with Gasteiger partial charge in [-0.3, -0.25) is 5.04 Å². The fraction of sp³-hybridized carbons (Fsp3) is 1.00. The minimum Gasteiger partial charge on any atom is -0.691 e. The lowest BCUT2D eigenvalue weighted by Gasteiger charge is -2.41. The van der Waals surface area contributed by atoms with Crippen molar-refractivity contribution < 1.29 is 31.8 Å². The molecule has 0 saturated heterocycles. The Bertz CT molecular complexity index is 447. The molecule has 0 atom stereocenters. The maximum atomic E-state index is 14.1. The molecular formula is C13H22F2NO5S2-. The SMILES string of the molecule is O=S(=O)(N(C1CCCCC1)C1CCCCC1)C(F)(F)SOO[O-]. The predicted molar refractivity (Wildman–Crippen MR) is 79.2 cm³/mol. The minimum absolute atomic E-state index is 0.406. The van der Waals surface area contributed by atoms with Gasteiger partial charge in [-0.25, -0.2) is 8.42 Å². The summed E-state index contributed by atoms with van der Waals surface area (Å²) in [6.07, 6.45) is 7.70. The molecule has 2 rings (SSSR count). The second-order valence-electron chi connectivity index (χ2n) is 6.10. The zero-order chi connectivity index (χ0) is 16.9. The molecule has 2 aliphatic rings. The average molecular weight is 374 g/mol. The van der Waals surface area contributed by atoms with E-state index in [1.807, 2.05) is 0 Å². The molecule has 6 nitrogen and oxygen atoms in total. The van der Waals surface area contributed by atoms with E-state index in [-0.39, 0.29) is 0 Å². The van der Waals surface area contributed by atoms with Crippen LogP contribution in [0.25, 0.3) is 0 Å². The molecule has 0 bridgehead atoms. The molecule has 0 radical (unpaired) electrons. The smallest absolute Gasteiger partial charge is 0.433 e. The Morgan fingerprint density at radius 2 is 1.39 bits per heavy atom. The number of hydrogen-bond donors (Lipinski definition) is 0. The van der Waals surface area contributed by atoms with Gasteiger partial charge in [-0.2, -0.15) is 17.4 Å². The van der Waals surface area contributed by atoms with Gasteiger partial charge in [-0.1, -0.05) is 38.5 Å². The second kappa shape index (κ2) is 8.39. The Morgan fingerprint density at radius 1 is 0.957 bits per heavy atom. The van der Waals surface area contributed by atoms with Crippen LogP contribution >= 0.6 is 12.0 Å². The topological polar surface area (TPSA) is 78.9 Å². The molecule has 2 aliphatic carbocycles. The summed E-state index contributed by atoms with van der Waals surface area (Å²) in [5.74, 6) is 0. The third-order valence-electron chi connectivity index (χ3n) is 4.61. The van der Waals surface area contributed by atoms with Gasteiger partial charge in [0.05, 0.1) is 0 Å². The number of halogens is 2. The van der Waals surface area contributed by atoms with Crippen LogP contribution in [-0.4, -0.2) is 29.4 Å². The van der Waals surface area contributed by atoms with Gasteiger partial charge in [-0.05, 0) is 25.7 Å². The molecule has 2 fully saturated rings. The predicted octanol–water partition coefficient (Wildman–Crippen LogP) is 2.71. The number of nitrogens with zero attached hydrogens (tertiary/aromatic N) is 1. The average Bonchev–Trinajstić information content (AvgIpc) is 2.55. The fourth-order valence-electron chi connectivity index (χ4n) is 3.58. The van der Waals surface area contributed by atoms with Crippen LogP contribution in [-0.2, 0) is 19.4 Å². The third-order valence-corrected chi connectivity index (χ3v) is 7.51. The summed E-state index contributed by atoms with van der Waals surface area (Å²) in [4.78, 5) is 0. The Labute approximate surface area is 139 Å². The van der Waals surface area contributed by atoms with Gasteiger partial charge in [0.1, 0.15) is 12.0 Å². The molecule has 0 aliphatic heterocycles. The normalized spacial score (nSPS) is 22.6. The maximum Gasteiger partial charge on any atom is 0.433 e. The van der Waals surface area contributed by atoms with Crippen molar-refractivity contribution in [2.45, 2.75) is 80.9 Å². The molecule has 0 N–H and O–H groups in total. The zero-order valence-electron chi connectivity index (χ0n) is 12.8. The van der Waals surface area contributed by atoms with Gasteiger partial charge in [0.25, 0.3) is 10.0 Å². The lowest BCUT2D eigenvalue weighted by Crippen LogP contribution is -2.53. The monoisotopic (exact) mass is 374 g/mol. The second-order valence-corrected chi connectivity index (χ2v) is 9.06. The highest BCUT2D eigenvalue weighted by Gasteiger charge is 2.55. The van der Waals surface area contributed by atoms with E-state index in [0.29, 0.717) is 25.7 Å². The molecule has 0 aromatic heterocycles. The molecule has 0 heterocycles. The summed E-state index contributed by atoms with van der Waals surface area (Å²) in [6.45, 7) is 0. The number of rotatable bonds is 7. The molecule has 0 aromatic rings. The van der Waals surface area contributed by atoms with E-state index in [2.05, 4.69) is 9.37 Å². The van der Waals surface area contributed by atoms with E-state index < -0.39 is 38.7 Å². The largest absolute Gasteiger partial charge is 0.691 e. The van der Waals surface area contributed by atoms with E-state index in [1.54, 1.807) is 0 Å². The highest BCUT2D eigenvalue weighted by atomic mass is 32.3. The van der Waals surface area contributed by atoms with Crippen LogP contribution in [0.4, 0.5) is 8.78 Å². The Balaban J connectivity index is 2.26. The van der Waals surface area contributed by atoms with Crippen molar-refractivity contribution in [3.63, 3.8) is 0 Å².